The predicted molar refractivity (Wildman–Crippen MR) is 69.7 cm³/mol. The molecule has 18 heavy (non-hydrogen) atoms. The molecule has 5 N–H and O–H groups in total. The summed E-state index contributed by atoms with van der Waals surface area (Å²) in [5, 5.41) is 2.97. The zero-order valence-corrected chi connectivity index (χ0v) is 11.0. The molecule has 0 bridgehead atoms. The van der Waals surface area contributed by atoms with Crippen molar-refractivity contribution >= 4 is 11.8 Å². The zero-order chi connectivity index (χ0) is 13.5. The maximum atomic E-state index is 11.7. The lowest BCUT2D eigenvalue weighted by molar-refractivity contribution is -0.124. The number of amides is 2. The van der Waals surface area contributed by atoms with Crippen molar-refractivity contribution in [3.8, 4) is 0 Å². The van der Waals surface area contributed by atoms with Crippen LogP contribution in [0.5, 0.6) is 0 Å². The van der Waals surface area contributed by atoms with Crippen molar-refractivity contribution in [2.24, 2.45) is 11.5 Å². The van der Waals surface area contributed by atoms with E-state index in [2.05, 4.69) is 5.32 Å². The van der Waals surface area contributed by atoms with Gasteiger partial charge in [0.1, 0.15) is 0 Å². The molecule has 0 saturated carbocycles. The fraction of sp³-hybridized carbons (Fsp3) is 0.833. The summed E-state index contributed by atoms with van der Waals surface area (Å²) in [5.74, 6) is -0.368. The first kappa shape index (κ1) is 14.9. The molecule has 0 unspecified atom stereocenters. The molecule has 1 aliphatic rings. The Hall–Kier alpha value is -1.14. The van der Waals surface area contributed by atoms with Gasteiger partial charge in [-0.3, -0.25) is 14.5 Å². The van der Waals surface area contributed by atoms with E-state index in [1.807, 2.05) is 11.8 Å². The maximum absolute atomic E-state index is 11.7. The van der Waals surface area contributed by atoms with E-state index in [0.717, 1.165) is 32.4 Å². The first-order valence-corrected chi connectivity index (χ1v) is 6.59. The number of rotatable bonds is 6. The van der Waals surface area contributed by atoms with Gasteiger partial charge in [-0.2, -0.15) is 0 Å². The van der Waals surface area contributed by atoms with E-state index in [4.69, 9.17) is 11.5 Å². The van der Waals surface area contributed by atoms with Crippen molar-refractivity contribution in [1.29, 1.82) is 0 Å². The van der Waals surface area contributed by atoms with Gasteiger partial charge in [0, 0.05) is 19.1 Å². The van der Waals surface area contributed by atoms with Crippen molar-refractivity contribution in [2.75, 3.05) is 19.6 Å². The van der Waals surface area contributed by atoms with E-state index in [1.54, 1.807) is 0 Å². The van der Waals surface area contributed by atoms with E-state index in [0.29, 0.717) is 13.0 Å². The van der Waals surface area contributed by atoms with Crippen LogP contribution in [0.1, 0.15) is 32.6 Å². The van der Waals surface area contributed by atoms with Gasteiger partial charge in [-0.15, -0.1) is 0 Å². The SMILES string of the molecule is CCC[C@@H](N)C(=O)NC1CCN(CC(N)=O)CC1. The van der Waals surface area contributed by atoms with E-state index in [1.165, 1.54) is 0 Å². The first-order chi connectivity index (χ1) is 8.52. The van der Waals surface area contributed by atoms with Crippen LogP contribution in [0.2, 0.25) is 0 Å². The maximum Gasteiger partial charge on any atom is 0.237 e. The number of nitrogens with one attached hydrogen (secondary N) is 1. The lowest BCUT2D eigenvalue weighted by Gasteiger charge is -2.32. The number of hydrogen-bond acceptors (Lipinski definition) is 4. The summed E-state index contributed by atoms with van der Waals surface area (Å²) in [6.07, 6.45) is 3.31. The molecule has 2 amide bonds. The third-order valence-corrected chi connectivity index (χ3v) is 3.25. The van der Waals surface area contributed by atoms with Gasteiger partial charge in [0.15, 0.2) is 0 Å². The summed E-state index contributed by atoms with van der Waals surface area (Å²) in [5.41, 5.74) is 10.9. The molecular formula is C12H24N4O2. The number of piperidine rings is 1. The second-order valence-electron chi connectivity index (χ2n) is 4.92. The first-order valence-electron chi connectivity index (χ1n) is 6.59. The van der Waals surface area contributed by atoms with E-state index in [-0.39, 0.29) is 17.9 Å². The fourth-order valence-electron chi connectivity index (χ4n) is 2.21. The van der Waals surface area contributed by atoms with Crippen LogP contribution < -0.4 is 16.8 Å². The molecular weight excluding hydrogens is 232 g/mol. The number of hydrogen-bond donors (Lipinski definition) is 3. The predicted octanol–water partition coefficient (Wildman–Crippen LogP) is -0.820. The second-order valence-corrected chi connectivity index (χ2v) is 4.92. The highest BCUT2D eigenvalue weighted by molar-refractivity contribution is 5.81. The molecule has 0 radical (unpaired) electrons. The summed E-state index contributed by atoms with van der Waals surface area (Å²) in [6.45, 7) is 3.89. The Morgan fingerprint density at radius 3 is 2.50 bits per heavy atom. The molecule has 1 fully saturated rings. The van der Waals surface area contributed by atoms with Crippen LogP contribution in [0.3, 0.4) is 0 Å². The lowest BCUT2D eigenvalue weighted by atomic mass is 10.0. The summed E-state index contributed by atoms with van der Waals surface area (Å²) < 4.78 is 0. The quantitative estimate of drug-likeness (QED) is 0.578. The van der Waals surface area contributed by atoms with Crippen molar-refractivity contribution in [3.63, 3.8) is 0 Å². The summed E-state index contributed by atoms with van der Waals surface area (Å²) in [7, 11) is 0. The minimum absolute atomic E-state index is 0.0646. The molecule has 0 aromatic heterocycles. The van der Waals surface area contributed by atoms with Crippen LogP contribution >= 0.6 is 0 Å². The minimum Gasteiger partial charge on any atom is -0.369 e. The Bertz CT molecular complexity index is 288. The summed E-state index contributed by atoms with van der Waals surface area (Å²) >= 11 is 0. The minimum atomic E-state index is -0.404. The van der Waals surface area contributed by atoms with Gasteiger partial charge in [0.05, 0.1) is 12.6 Å². The number of carbonyl (C=O) groups excluding carboxylic acids is 2. The monoisotopic (exact) mass is 256 g/mol. The molecule has 1 heterocycles. The number of nitrogens with two attached hydrogens (primary N) is 2. The number of likely N-dealkylation sites (tertiary alicyclic amines) is 1. The third kappa shape index (κ3) is 5.01. The van der Waals surface area contributed by atoms with Gasteiger partial charge < -0.3 is 16.8 Å². The standard InChI is InChI=1S/C12H24N4O2/c1-2-3-10(13)12(18)15-9-4-6-16(7-5-9)8-11(14)17/h9-10H,2-8,13H2,1H3,(H2,14,17)(H,15,18)/t10-/m1/s1. The van der Waals surface area contributed by atoms with Gasteiger partial charge in [-0.05, 0) is 19.3 Å². The summed E-state index contributed by atoms with van der Waals surface area (Å²) in [4.78, 5) is 24.5. The normalized spacial score (nSPS) is 19.4. The second kappa shape index (κ2) is 7.33. The van der Waals surface area contributed by atoms with E-state index in [9.17, 15) is 9.59 Å². The molecule has 6 nitrogen and oxygen atoms in total. The van der Waals surface area contributed by atoms with Gasteiger partial charge >= 0.3 is 0 Å². The molecule has 0 aromatic rings. The van der Waals surface area contributed by atoms with Crippen LogP contribution in [0.15, 0.2) is 0 Å². The van der Waals surface area contributed by atoms with Crippen molar-refractivity contribution in [1.82, 2.24) is 10.2 Å². The van der Waals surface area contributed by atoms with E-state index < -0.39 is 6.04 Å². The van der Waals surface area contributed by atoms with Gasteiger partial charge in [0.25, 0.3) is 0 Å². The highest BCUT2D eigenvalue weighted by atomic mass is 16.2. The highest BCUT2D eigenvalue weighted by Gasteiger charge is 2.23. The summed E-state index contributed by atoms with van der Waals surface area (Å²) in [6, 6.07) is -0.233. The topological polar surface area (TPSA) is 101 Å². The Kier molecular flexibility index (Phi) is 6.07. The smallest absolute Gasteiger partial charge is 0.237 e. The van der Waals surface area contributed by atoms with Crippen LogP contribution in [0.25, 0.3) is 0 Å². The largest absolute Gasteiger partial charge is 0.369 e. The molecule has 0 spiro atoms. The molecule has 1 saturated heterocycles. The Labute approximate surface area is 108 Å². The average molecular weight is 256 g/mol. The Morgan fingerprint density at radius 1 is 1.39 bits per heavy atom. The van der Waals surface area contributed by atoms with Crippen molar-refractivity contribution < 1.29 is 9.59 Å². The molecule has 1 atom stereocenters. The van der Waals surface area contributed by atoms with E-state index >= 15 is 0 Å². The Balaban J connectivity index is 2.26. The molecule has 0 aliphatic carbocycles. The highest BCUT2D eigenvalue weighted by Crippen LogP contribution is 2.10. The number of primary amides is 1. The van der Waals surface area contributed by atoms with Crippen LogP contribution in [-0.4, -0.2) is 48.4 Å². The van der Waals surface area contributed by atoms with Crippen LogP contribution in [0.4, 0.5) is 0 Å². The fourth-order valence-corrected chi connectivity index (χ4v) is 2.21. The van der Waals surface area contributed by atoms with Gasteiger partial charge in [-0.25, -0.2) is 0 Å². The molecule has 1 rings (SSSR count). The Morgan fingerprint density at radius 2 is 2.00 bits per heavy atom. The zero-order valence-electron chi connectivity index (χ0n) is 11.0. The lowest BCUT2D eigenvalue weighted by Crippen LogP contribution is -2.50. The van der Waals surface area contributed by atoms with Gasteiger partial charge in [-0.1, -0.05) is 13.3 Å². The van der Waals surface area contributed by atoms with Gasteiger partial charge in [0.2, 0.25) is 11.8 Å². The molecule has 0 aromatic carbocycles. The number of carbonyl (C=O) groups is 2. The third-order valence-electron chi connectivity index (χ3n) is 3.25. The van der Waals surface area contributed by atoms with Crippen molar-refractivity contribution in [2.45, 2.75) is 44.7 Å². The number of nitrogens with zero attached hydrogens (tertiary/aromatic N) is 1. The van der Waals surface area contributed by atoms with Crippen LogP contribution in [-0.2, 0) is 9.59 Å². The average Bonchev–Trinajstić information content (AvgIpc) is 2.31. The molecule has 1 aliphatic heterocycles. The van der Waals surface area contributed by atoms with Crippen LogP contribution in [0, 0.1) is 0 Å². The molecule has 104 valence electrons. The van der Waals surface area contributed by atoms with Crippen molar-refractivity contribution in [3.05, 3.63) is 0 Å². The molecule has 6 heteroatoms.